The first-order valence-corrected chi connectivity index (χ1v) is 7.52. The Morgan fingerprint density at radius 3 is 3.09 bits per heavy atom. The van der Waals surface area contributed by atoms with Crippen LogP contribution in [0.1, 0.15) is 18.0 Å². The van der Waals surface area contributed by atoms with Gasteiger partial charge in [-0.15, -0.1) is 0 Å². The van der Waals surface area contributed by atoms with Crippen LogP contribution in [0.5, 0.6) is 5.75 Å². The van der Waals surface area contributed by atoms with Gasteiger partial charge in [-0.25, -0.2) is 4.79 Å². The van der Waals surface area contributed by atoms with Crippen LogP contribution in [0, 0.1) is 0 Å². The zero-order valence-corrected chi connectivity index (χ0v) is 12.4. The molecule has 116 valence electrons. The van der Waals surface area contributed by atoms with E-state index in [1.54, 1.807) is 6.20 Å². The molecule has 1 aliphatic rings. The minimum Gasteiger partial charge on any atom is -0.493 e. The number of para-hydroxylation sites is 1. The highest BCUT2D eigenvalue weighted by molar-refractivity contribution is 6.00. The summed E-state index contributed by atoms with van der Waals surface area (Å²) in [6.07, 6.45) is 2.45. The summed E-state index contributed by atoms with van der Waals surface area (Å²) in [5.41, 5.74) is 2.63. The Morgan fingerprint density at radius 1 is 1.22 bits per heavy atom. The van der Waals surface area contributed by atoms with Crippen LogP contribution in [0.15, 0.2) is 48.7 Å². The summed E-state index contributed by atoms with van der Waals surface area (Å²) in [7, 11) is 0. The van der Waals surface area contributed by atoms with Crippen molar-refractivity contribution in [3.63, 3.8) is 0 Å². The summed E-state index contributed by atoms with van der Waals surface area (Å²) in [4.78, 5) is 12.4. The fraction of sp³-hybridized carbons (Fsp3) is 0.176. The van der Waals surface area contributed by atoms with E-state index in [9.17, 15) is 4.79 Å². The lowest BCUT2D eigenvalue weighted by Gasteiger charge is -2.26. The third kappa shape index (κ3) is 2.59. The summed E-state index contributed by atoms with van der Waals surface area (Å²) in [6, 6.07) is 13.1. The van der Waals surface area contributed by atoms with Crippen LogP contribution in [0.4, 0.5) is 10.5 Å². The molecule has 3 N–H and O–H groups in total. The number of fused-ring (bicyclic) bond motifs is 2. The molecule has 3 aromatic rings. The van der Waals surface area contributed by atoms with Gasteiger partial charge in [-0.05, 0) is 18.2 Å². The van der Waals surface area contributed by atoms with E-state index < -0.39 is 0 Å². The van der Waals surface area contributed by atoms with E-state index in [1.807, 2.05) is 42.5 Å². The van der Waals surface area contributed by atoms with Crippen molar-refractivity contribution in [3.8, 4) is 5.75 Å². The van der Waals surface area contributed by atoms with Crippen LogP contribution in [0.3, 0.4) is 0 Å². The third-order valence-electron chi connectivity index (χ3n) is 4.00. The van der Waals surface area contributed by atoms with Crippen molar-refractivity contribution in [1.82, 2.24) is 15.5 Å². The van der Waals surface area contributed by atoms with Gasteiger partial charge in [-0.2, -0.15) is 5.10 Å². The molecular weight excluding hydrogens is 292 g/mol. The number of amides is 2. The number of aromatic amines is 1. The number of rotatable bonds is 2. The molecule has 6 nitrogen and oxygen atoms in total. The Bertz CT molecular complexity index is 858. The number of urea groups is 1. The molecule has 1 unspecified atom stereocenters. The number of nitrogens with zero attached hydrogens (tertiary/aromatic N) is 1. The van der Waals surface area contributed by atoms with Crippen LogP contribution in [-0.2, 0) is 0 Å². The predicted octanol–water partition coefficient (Wildman–Crippen LogP) is 3.21. The lowest BCUT2D eigenvalue weighted by molar-refractivity contribution is 0.232. The quantitative estimate of drug-likeness (QED) is 0.680. The maximum atomic E-state index is 12.4. The molecule has 2 amide bonds. The smallest absolute Gasteiger partial charge is 0.319 e. The largest absolute Gasteiger partial charge is 0.493 e. The third-order valence-corrected chi connectivity index (χ3v) is 4.00. The van der Waals surface area contributed by atoms with Crippen molar-refractivity contribution in [2.24, 2.45) is 0 Å². The molecule has 2 heterocycles. The van der Waals surface area contributed by atoms with E-state index in [4.69, 9.17) is 4.74 Å². The van der Waals surface area contributed by atoms with E-state index in [-0.39, 0.29) is 12.1 Å². The molecule has 0 spiro atoms. The van der Waals surface area contributed by atoms with Crippen LogP contribution in [0.2, 0.25) is 0 Å². The summed E-state index contributed by atoms with van der Waals surface area (Å²) in [5, 5.41) is 13.7. The van der Waals surface area contributed by atoms with Gasteiger partial charge in [0.1, 0.15) is 5.75 Å². The maximum Gasteiger partial charge on any atom is 0.319 e. The molecule has 0 saturated carbocycles. The molecule has 1 aromatic heterocycles. The molecule has 0 fully saturated rings. The van der Waals surface area contributed by atoms with Crippen molar-refractivity contribution in [3.05, 3.63) is 54.2 Å². The summed E-state index contributed by atoms with van der Waals surface area (Å²) in [5.74, 6) is 0.834. The SMILES string of the molecule is O=C(Nc1cccc2[nH]ncc12)NC1CCOc2ccccc21. The Kier molecular flexibility index (Phi) is 3.34. The first kappa shape index (κ1) is 13.6. The van der Waals surface area contributed by atoms with E-state index in [0.717, 1.165) is 34.3 Å². The Labute approximate surface area is 132 Å². The fourth-order valence-corrected chi connectivity index (χ4v) is 2.89. The number of hydrogen-bond acceptors (Lipinski definition) is 3. The standard InChI is InChI=1S/C17H16N4O2/c22-17(19-13-5-3-6-15-12(13)10-18-21-15)20-14-8-9-23-16-7-2-1-4-11(14)16/h1-7,10,14H,8-9H2,(H,18,21)(H2,19,20,22). The van der Waals surface area contributed by atoms with Crippen LogP contribution >= 0.6 is 0 Å². The average molecular weight is 308 g/mol. The number of anilines is 1. The van der Waals surface area contributed by atoms with Gasteiger partial charge in [-0.3, -0.25) is 5.10 Å². The van der Waals surface area contributed by atoms with E-state index in [1.165, 1.54) is 0 Å². The van der Waals surface area contributed by atoms with Crippen LogP contribution in [0.25, 0.3) is 10.9 Å². The van der Waals surface area contributed by atoms with Gasteiger partial charge >= 0.3 is 6.03 Å². The summed E-state index contributed by atoms with van der Waals surface area (Å²) < 4.78 is 5.62. The predicted molar refractivity (Wildman–Crippen MR) is 87.5 cm³/mol. The van der Waals surface area contributed by atoms with Crippen molar-refractivity contribution in [2.75, 3.05) is 11.9 Å². The molecule has 2 aromatic carbocycles. The van der Waals surface area contributed by atoms with Gasteiger partial charge < -0.3 is 15.4 Å². The monoisotopic (exact) mass is 308 g/mol. The van der Waals surface area contributed by atoms with Gasteiger partial charge in [0.15, 0.2) is 0 Å². The molecule has 1 aliphatic heterocycles. The first-order valence-electron chi connectivity index (χ1n) is 7.52. The first-order chi connectivity index (χ1) is 11.3. The zero-order valence-electron chi connectivity index (χ0n) is 12.4. The van der Waals surface area contributed by atoms with Crippen molar-refractivity contribution in [1.29, 1.82) is 0 Å². The van der Waals surface area contributed by atoms with Gasteiger partial charge in [-0.1, -0.05) is 24.3 Å². The zero-order chi connectivity index (χ0) is 15.6. The van der Waals surface area contributed by atoms with Crippen LogP contribution in [-0.4, -0.2) is 22.8 Å². The lowest BCUT2D eigenvalue weighted by Crippen LogP contribution is -2.35. The Balaban J connectivity index is 1.52. The number of carbonyl (C=O) groups excluding carboxylic acids is 1. The molecular formula is C17H16N4O2. The number of benzene rings is 2. The van der Waals surface area contributed by atoms with E-state index in [0.29, 0.717) is 6.61 Å². The maximum absolute atomic E-state index is 12.4. The summed E-state index contributed by atoms with van der Waals surface area (Å²) in [6.45, 7) is 0.597. The fourth-order valence-electron chi connectivity index (χ4n) is 2.89. The number of nitrogens with one attached hydrogen (secondary N) is 3. The molecule has 23 heavy (non-hydrogen) atoms. The minimum absolute atomic E-state index is 0.0523. The summed E-state index contributed by atoms with van der Waals surface area (Å²) >= 11 is 0. The average Bonchev–Trinajstić information content (AvgIpc) is 3.05. The van der Waals surface area contributed by atoms with Gasteiger partial charge in [0.05, 0.1) is 30.0 Å². The number of H-pyrrole nitrogens is 1. The van der Waals surface area contributed by atoms with Gasteiger partial charge in [0.2, 0.25) is 0 Å². The highest BCUT2D eigenvalue weighted by Gasteiger charge is 2.22. The van der Waals surface area contributed by atoms with Gasteiger partial charge in [0, 0.05) is 17.4 Å². The molecule has 6 heteroatoms. The van der Waals surface area contributed by atoms with Crippen LogP contribution < -0.4 is 15.4 Å². The van der Waals surface area contributed by atoms with Crippen molar-refractivity contribution >= 4 is 22.6 Å². The lowest BCUT2D eigenvalue weighted by atomic mass is 10.0. The van der Waals surface area contributed by atoms with Crippen molar-refractivity contribution < 1.29 is 9.53 Å². The van der Waals surface area contributed by atoms with E-state index >= 15 is 0 Å². The second-order valence-electron chi connectivity index (χ2n) is 5.46. The minimum atomic E-state index is -0.236. The molecule has 4 rings (SSSR count). The molecule has 0 saturated heterocycles. The topological polar surface area (TPSA) is 79.0 Å². The number of aromatic nitrogens is 2. The Morgan fingerprint density at radius 2 is 2.13 bits per heavy atom. The normalized spacial score (nSPS) is 16.4. The number of ether oxygens (including phenoxy) is 1. The Hall–Kier alpha value is -3.02. The van der Waals surface area contributed by atoms with E-state index in [2.05, 4.69) is 20.8 Å². The number of hydrogen-bond donors (Lipinski definition) is 3. The second kappa shape index (κ2) is 5.64. The van der Waals surface area contributed by atoms with Gasteiger partial charge in [0.25, 0.3) is 0 Å². The van der Waals surface area contributed by atoms with Crippen molar-refractivity contribution in [2.45, 2.75) is 12.5 Å². The molecule has 0 radical (unpaired) electrons. The molecule has 0 bridgehead atoms. The molecule has 0 aliphatic carbocycles. The second-order valence-corrected chi connectivity index (χ2v) is 5.46. The highest BCUT2D eigenvalue weighted by atomic mass is 16.5. The highest BCUT2D eigenvalue weighted by Crippen LogP contribution is 2.31. The number of carbonyl (C=O) groups is 1. The molecule has 1 atom stereocenters.